The van der Waals surface area contributed by atoms with Crippen molar-refractivity contribution in [1.29, 1.82) is 0 Å². The fourth-order valence-electron chi connectivity index (χ4n) is 2.36. The van der Waals surface area contributed by atoms with E-state index in [1.165, 1.54) is 10.9 Å². The van der Waals surface area contributed by atoms with E-state index in [1.54, 1.807) is 0 Å². The van der Waals surface area contributed by atoms with E-state index < -0.39 is 30.1 Å². The van der Waals surface area contributed by atoms with E-state index in [9.17, 15) is 15.0 Å². The molecule has 1 fully saturated rings. The Kier molecular flexibility index (Phi) is 3.42. The number of aromatic nitrogens is 4. The molecular weight excluding hydrogens is 296 g/mol. The third kappa shape index (κ3) is 2.16. The smallest absolute Gasteiger partial charge is 0.280 e. The summed E-state index contributed by atoms with van der Waals surface area (Å²) in [6.07, 6.45) is -3.23. The highest BCUT2D eigenvalue weighted by molar-refractivity contribution is 5.70. The first-order valence-corrected chi connectivity index (χ1v) is 6.27. The van der Waals surface area contributed by atoms with Crippen molar-refractivity contribution >= 4 is 17.1 Å². The summed E-state index contributed by atoms with van der Waals surface area (Å²) >= 11 is 0. The molecule has 0 aliphatic carbocycles. The number of hydrogen-bond donors (Lipinski definition) is 4. The molecule has 3 heterocycles. The number of nitrogens with zero attached hydrogens (tertiary/aromatic N) is 6. The van der Waals surface area contributed by atoms with Gasteiger partial charge in [0.15, 0.2) is 17.4 Å². The number of azide groups is 1. The van der Waals surface area contributed by atoms with Gasteiger partial charge in [-0.2, -0.15) is 4.98 Å². The first kappa shape index (κ1) is 14.3. The molecule has 12 heteroatoms. The quantitative estimate of drug-likeness (QED) is 0.305. The van der Waals surface area contributed by atoms with Crippen molar-refractivity contribution in [3.63, 3.8) is 0 Å². The number of anilines is 1. The summed E-state index contributed by atoms with van der Waals surface area (Å²) in [6, 6.07) is 0. The van der Waals surface area contributed by atoms with Crippen molar-refractivity contribution in [3.05, 3.63) is 27.1 Å². The van der Waals surface area contributed by atoms with Crippen molar-refractivity contribution in [2.75, 3.05) is 12.3 Å². The third-order valence-electron chi connectivity index (χ3n) is 3.39. The van der Waals surface area contributed by atoms with Crippen molar-refractivity contribution in [2.45, 2.75) is 24.5 Å². The first-order chi connectivity index (χ1) is 10.5. The predicted octanol–water partition coefficient (Wildman–Crippen LogP) is -1.37. The lowest BCUT2D eigenvalue weighted by molar-refractivity contribution is -0.0321. The average molecular weight is 308 g/mol. The molecule has 2 aromatic heterocycles. The first-order valence-electron chi connectivity index (χ1n) is 6.27. The molecule has 0 saturated carbocycles. The normalized spacial score (nSPS) is 27.9. The molecule has 4 unspecified atom stereocenters. The Bertz CT molecular complexity index is 809. The van der Waals surface area contributed by atoms with Crippen LogP contribution in [0.15, 0.2) is 16.2 Å². The fourth-order valence-corrected chi connectivity index (χ4v) is 2.36. The highest BCUT2D eigenvalue weighted by Crippen LogP contribution is 2.31. The Hall–Kier alpha value is -2.66. The summed E-state index contributed by atoms with van der Waals surface area (Å²) in [5.41, 5.74) is 13.4. The van der Waals surface area contributed by atoms with E-state index in [2.05, 4.69) is 25.0 Å². The van der Waals surface area contributed by atoms with E-state index in [-0.39, 0.29) is 23.7 Å². The van der Waals surface area contributed by atoms with Gasteiger partial charge in [0.2, 0.25) is 5.95 Å². The topological polar surface area (TPSA) is 188 Å². The maximum absolute atomic E-state index is 11.7. The van der Waals surface area contributed by atoms with E-state index in [0.29, 0.717) is 0 Å². The molecule has 0 aromatic carbocycles. The lowest BCUT2D eigenvalue weighted by atomic mass is 10.1. The maximum Gasteiger partial charge on any atom is 0.280 e. The van der Waals surface area contributed by atoms with Gasteiger partial charge in [0.1, 0.15) is 12.2 Å². The number of H-pyrrole nitrogens is 1. The predicted molar refractivity (Wildman–Crippen MR) is 72.5 cm³/mol. The van der Waals surface area contributed by atoms with Gasteiger partial charge in [0, 0.05) is 4.91 Å². The van der Waals surface area contributed by atoms with Gasteiger partial charge in [0.25, 0.3) is 5.56 Å². The molecule has 0 bridgehead atoms. The molecule has 4 atom stereocenters. The number of nitrogens with two attached hydrogens (primary N) is 1. The van der Waals surface area contributed by atoms with Crippen LogP contribution in [0, 0.1) is 0 Å². The van der Waals surface area contributed by atoms with Crippen LogP contribution in [0.5, 0.6) is 0 Å². The van der Waals surface area contributed by atoms with E-state index in [4.69, 9.17) is 16.0 Å². The summed E-state index contributed by atoms with van der Waals surface area (Å²) in [5.74, 6) is -0.113. The molecule has 22 heavy (non-hydrogen) atoms. The van der Waals surface area contributed by atoms with E-state index >= 15 is 0 Å². The maximum atomic E-state index is 11.7. The van der Waals surface area contributed by atoms with Crippen LogP contribution in [0.25, 0.3) is 21.6 Å². The number of imidazole rings is 1. The summed E-state index contributed by atoms with van der Waals surface area (Å²) in [5, 5.41) is 23.3. The Morgan fingerprint density at radius 3 is 3.05 bits per heavy atom. The molecule has 1 aliphatic rings. The molecule has 1 aliphatic heterocycles. The number of hydrogen-bond acceptors (Lipinski definition) is 8. The van der Waals surface area contributed by atoms with Gasteiger partial charge in [-0.3, -0.25) is 14.3 Å². The molecule has 2 aromatic rings. The second-order valence-electron chi connectivity index (χ2n) is 4.73. The molecule has 116 valence electrons. The van der Waals surface area contributed by atoms with Crippen LogP contribution in [0.3, 0.4) is 0 Å². The highest BCUT2D eigenvalue weighted by atomic mass is 16.6. The Morgan fingerprint density at radius 2 is 2.32 bits per heavy atom. The van der Waals surface area contributed by atoms with E-state index in [1.807, 2.05) is 0 Å². The van der Waals surface area contributed by atoms with Crippen molar-refractivity contribution < 1.29 is 14.9 Å². The number of nitrogen functional groups attached to an aromatic ring is 1. The summed E-state index contributed by atoms with van der Waals surface area (Å²) in [6.45, 7) is -0.145. The average Bonchev–Trinajstić information content (AvgIpc) is 3.00. The van der Waals surface area contributed by atoms with Gasteiger partial charge < -0.3 is 20.7 Å². The van der Waals surface area contributed by atoms with Gasteiger partial charge in [-0.1, -0.05) is 5.11 Å². The molecule has 0 radical (unpaired) electrons. The van der Waals surface area contributed by atoms with Crippen LogP contribution in [-0.4, -0.2) is 54.6 Å². The van der Waals surface area contributed by atoms with Gasteiger partial charge in [-0.25, -0.2) is 4.98 Å². The monoisotopic (exact) mass is 308 g/mol. The Balaban J connectivity index is 2.01. The SMILES string of the molecule is [N-]=[N+]=NCC1OC(n2cnc3c(=O)[nH]c(N)nc32)C(O)C1O. The van der Waals surface area contributed by atoms with Gasteiger partial charge in [-0.05, 0) is 5.53 Å². The van der Waals surface area contributed by atoms with Crippen LogP contribution in [0.2, 0.25) is 0 Å². The molecule has 12 nitrogen and oxygen atoms in total. The second kappa shape index (κ2) is 5.27. The van der Waals surface area contributed by atoms with Crippen molar-refractivity contribution in [2.24, 2.45) is 5.11 Å². The minimum atomic E-state index is -1.31. The van der Waals surface area contributed by atoms with Gasteiger partial charge >= 0.3 is 0 Å². The van der Waals surface area contributed by atoms with Crippen LogP contribution in [0.1, 0.15) is 6.23 Å². The number of aliphatic hydroxyl groups excluding tert-OH is 2. The summed E-state index contributed by atoms with van der Waals surface area (Å²) < 4.78 is 6.78. The largest absolute Gasteiger partial charge is 0.388 e. The van der Waals surface area contributed by atoms with E-state index in [0.717, 1.165) is 0 Å². The number of aliphatic hydroxyl groups is 2. The molecule has 3 rings (SSSR count). The lowest BCUT2D eigenvalue weighted by Crippen LogP contribution is -2.32. The van der Waals surface area contributed by atoms with Gasteiger partial charge in [0.05, 0.1) is 19.0 Å². The van der Waals surface area contributed by atoms with Crippen LogP contribution in [0.4, 0.5) is 5.95 Å². The highest BCUT2D eigenvalue weighted by Gasteiger charge is 2.43. The zero-order valence-electron chi connectivity index (χ0n) is 11.1. The molecule has 5 N–H and O–H groups in total. The molecular formula is C10H12N8O4. The minimum Gasteiger partial charge on any atom is -0.388 e. The number of ether oxygens (including phenoxy) is 1. The zero-order valence-corrected chi connectivity index (χ0v) is 11.1. The molecule has 1 saturated heterocycles. The summed E-state index contributed by atoms with van der Waals surface area (Å²) in [7, 11) is 0. The van der Waals surface area contributed by atoms with Crippen LogP contribution < -0.4 is 11.3 Å². The number of nitrogens with one attached hydrogen (secondary N) is 1. The summed E-state index contributed by atoms with van der Waals surface area (Å²) in [4.78, 5) is 24.5. The third-order valence-corrected chi connectivity index (χ3v) is 3.39. The molecule has 0 spiro atoms. The lowest BCUT2D eigenvalue weighted by Gasteiger charge is -2.16. The van der Waals surface area contributed by atoms with Crippen LogP contribution in [-0.2, 0) is 4.74 Å². The Labute approximate surface area is 121 Å². The van der Waals surface area contributed by atoms with Crippen molar-refractivity contribution in [1.82, 2.24) is 19.5 Å². The molecule has 0 amide bonds. The number of aromatic amines is 1. The fraction of sp³-hybridized carbons (Fsp3) is 0.500. The second-order valence-corrected chi connectivity index (χ2v) is 4.73. The zero-order chi connectivity index (χ0) is 15.9. The number of fused-ring (bicyclic) bond motifs is 1. The Morgan fingerprint density at radius 1 is 1.55 bits per heavy atom. The van der Waals surface area contributed by atoms with Crippen molar-refractivity contribution in [3.8, 4) is 0 Å². The van der Waals surface area contributed by atoms with Gasteiger partial charge in [-0.15, -0.1) is 0 Å². The number of rotatable bonds is 3. The van der Waals surface area contributed by atoms with Crippen LogP contribution >= 0.6 is 0 Å². The standard InChI is InChI=1S/C10H12N8O4/c11-10-15-7-4(8(21)16-10)13-2-18(7)9-6(20)5(19)3(22-9)1-14-17-12/h2-3,5-6,9,19-20H,1H2,(H3,11,15,16,21). The minimum absolute atomic E-state index is 0.0259.